The molecular formula is C10H9N4O5+. The van der Waals surface area contributed by atoms with Crippen LogP contribution in [0.1, 0.15) is 10.4 Å². The van der Waals surface area contributed by atoms with Crippen molar-refractivity contribution in [1.29, 1.82) is 0 Å². The fraction of sp³-hybridized carbons (Fsp3) is 0. The summed E-state index contributed by atoms with van der Waals surface area (Å²) < 4.78 is 0.764. The van der Waals surface area contributed by atoms with Crippen LogP contribution in [0.25, 0.3) is 0 Å². The van der Waals surface area contributed by atoms with Crippen LogP contribution in [0.4, 0.5) is 5.69 Å². The number of H-pyrrole nitrogens is 2. The number of hydrogen-bond acceptors (Lipinski definition) is 5. The van der Waals surface area contributed by atoms with Crippen molar-refractivity contribution in [2.75, 3.05) is 5.32 Å². The highest BCUT2D eigenvalue weighted by atomic mass is 16.5. The Morgan fingerprint density at radius 3 is 2.42 bits per heavy atom. The molecule has 19 heavy (non-hydrogen) atoms. The predicted molar refractivity (Wildman–Crippen MR) is 61.1 cm³/mol. The van der Waals surface area contributed by atoms with Gasteiger partial charge in [0, 0.05) is 16.9 Å². The Hall–Kier alpha value is -3.10. The molecule has 0 fully saturated rings. The summed E-state index contributed by atoms with van der Waals surface area (Å²) in [5, 5.41) is 20.7. The molecule has 2 rings (SSSR count). The lowest BCUT2D eigenvalue weighted by Gasteiger charge is -2.04. The molecule has 0 saturated heterocycles. The molecule has 0 atom stereocenters. The lowest BCUT2D eigenvalue weighted by molar-refractivity contribution is -0.904. The van der Waals surface area contributed by atoms with Crippen molar-refractivity contribution in [3.8, 4) is 5.88 Å². The third kappa shape index (κ3) is 2.60. The molecular weight excluding hydrogens is 256 g/mol. The summed E-state index contributed by atoms with van der Waals surface area (Å²) in [5.41, 5.74) is -2.24. The van der Waals surface area contributed by atoms with Gasteiger partial charge in [-0.1, -0.05) is 0 Å². The predicted octanol–water partition coefficient (Wildman–Crippen LogP) is -1.45. The van der Waals surface area contributed by atoms with E-state index in [1.54, 1.807) is 0 Å². The molecule has 5 N–H and O–H groups in total. The van der Waals surface area contributed by atoms with Crippen molar-refractivity contribution >= 4 is 11.6 Å². The number of pyridine rings is 1. The van der Waals surface area contributed by atoms with E-state index in [9.17, 15) is 19.5 Å². The maximum Gasteiger partial charge on any atom is 0.328 e. The van der Waals surface area contributed by atoms with Crippen molar-refractivity contribution in [2.45, 2.75) is 0 Å². The molecule has 0 radical (unpaired) electrons. The van der Waals surface area contributed by atoms with E-state index in [-0.39, 0.29) is 0 Å². The highest BCUT2D eigenvalue weighted by Crippen LogP contribution is 2.09. The van der Waals surface area contributed by atoms with Gasteiger partial charge in [-0.15, -0.1) is 0 Å². The summed E-state index contributed by atoms with van der Waals surface area (Å²) in [6, 6.07) is 2.74. The molecule has 0 unspecified atom stereocenters. The van der Waals surface area contributed by atoms with Gasteiger partial charge in [-0.05, 0) is 0 Å². The molecule has 0 spiro atoms. The fourth-order valence-electron chi connectivity index (χ4n) is 1.38. The van der Waals surface area contributed by atoms with E-state index in [0.29, 0.717) is 5.69 Å². The maximum absolute atomic E-state index is 11.8. The highest BCUT2D eigenvalue weighted by Gasteiger charge is 2.17. The Morgan fingerprint density at radius 2 is 1.84 bits per heavy atom. The van der Waals surface area contributed by atoms with Gasteiger partial charge in [0.15, 0.2) is 5.56 Å². The number of anilines is 1. The van der Waals surface area contributed by atoms with Crippen LogP contribution >= 0.6 is 0 Å². The van der Waals surface area contributed by atoms with Crippen molar-refractivity contribution in [2.24, 2.45) is 0 Å². The van der Waals surface area contributed by atoms with Crippen LogP contribution in [-0.4, -0.2) is 26.2 Å². The number of aromatic nitrogens is 3. The minimum atomic E-state index is -1.01. The van der Waals surface area contributed by atoms with Crippen molar-refractivity contribution in [3.63, 3.8) is 0 Å². The number of carbonyl (C=O) groups excluding carboxylic acids is 1. The number of aromatic hydroxyl groups is 1. The molecule has 0 bridgehead atoms. The molecule has 9 nitrogen and oxygen atoms in total. The van der Waals surface area contributed by atoms with Gasteiger partial charge >= 0.3 is 5.69 Å². The average Bonchev–Trinajstić information content (AvgIpc) is 2.30. The summed E-state index contributed by atoms with van der Waals surface area (Å²) in [4.78, 5) is 37.7. The van der Waals surface area contributed by atoms with Gasteiger partial charge in [0.2, 0.25) is 18.3 Å². The monoisotopic (exact) mass is 265 g/mol. The van der Waals surface area contributed by atoms with E-state index < -0.39 is 28.6 Å². The van der Waals surface area contributed by atoms with Gasteiger partial charge in [0.25, 0.3) is 11.5 Å². The lowest BCUT2D eigenvalue weighted by atomic mass is 10.3. The zero-order valence-electron chi connectivity index (χ0n) is 9.38. The molecule has 98 valence electrons. The minimum Gasteiger partial charge on any atom is -0.494 e. The van der Waals surface area contributed by atoms with Crippen molar-refractivity contribution in [1.82, 2.24) is 9.97 Å². The quantitative estimate of drug-likeness (QED) is 0.334. The second kappa shape index (κ2) is 4.64. The molecule has 2 heterocycles. The topological polar surface area (TPSA) is 139 Å². The summed E-state index contributed by atoms with van der Waals surface area (Å²) in [5.74, 6) is -1.72. The number of amides is 1. The first-order chi connectivity index (χ1) is 8.97. The van der Waals surface area contributed by atoms with Gasteiger partial charge in [0.1, 0.15) is 0 Å². The molecule has 0 aromatic carbocycles. The molecule has 0 aliphatic rings. The largest absolute Gasteiger partial charge is 0.494 e. The van der Waals surface area contributed by atoms with E-state index in [4.69, 9.17) is 5.21 Å². The Bertz CT molecular complexity index is 731. The van der Waals surface area contributed by atoms with Crippen LogP contribution in [0.5, 0.6) is 5.88 Å². The second-order valence-electron chi connectivity index (χ2n) is 3.55. The molecule has 0 aliphatic heterocycles. The molecule has 1 amide bonds. The Kier molecular flexibility index (Phi) is 3.02. The molecule has 2 aromatic rings. The smallest absolute Gasteiger partial charge is 0.328 e. The van der Waals surface area contributed by atoms with Crippen LogP contribution in [0.2, 0.25) is 0 Å². The standard InChI is InChI=1S/C10H8N4O5/c15-7(11-5-1-3-14(19)4-2-5)6-8(16)12-10(18)13-9(6)17/h1-4,19H,(H3,12,13,15,16,17,18)/p+1. The molecule has 2 aromatic heterocycles. The first-order valence-electron chi connectivity index (χ1n) is 5.05. The van der Waals surface area contributed by atoms with Crippen LogP contribution in [0.3, 0.4) is 0 Å². The third-order valence-electron chi connectivity index (χ3n) is 2.22. The maximum atomic E-state index is 11.8. The Balaban J connectivity index is 2.33. The van der Waals surface area contributed by atoms with Crippen LogP contribution < -0.4 is 21.3 Å². The summed E-state index contributed by atoms with van der Waals surface area (Å²) in [6.45, 7) is 0. The zero-order chi connectivity index (χ0) is 14.0. The van der Waals surface area contributed by atoms with Gasteiger partial charge in [-0.2, -0.15) is 0 Å². The number of hydrogen-bond donors (Lipinski definition) is 5. The highest BCUT2D eigenvalue weighted by molar-refractivity contribution is 6.05. The van der Waals surface area contributed by atoms with Crippen molar-refractivity contribution in [3.05, 3.63) is 50.9 Å². The van der Waals surface area contributed by atoms with Crippen LogP contribution in [-0.2, 0) is 0 Å². The Morgan fingerprint density at radius 1 is 1.21 bits per heavy atom. The second-order valence-corrected chi connectivity index (χ2v) is 3.55. The minimum absolute atomic E-state index is 0.292. The first-order valence-corrected chi connectivity index (χ1v) is 5.05. The van der Waals surface area contributed by atoms with Gasteiger partial charge in [-0.3, -0.25) is 24.8 Å². The van der Waals surface area contributed by atoms with E-state index in [1.807, 2.05) is 9.97 Å². The van der Waals surface area contributed by atoms with Crippen LogP contribution in [0.15, 0.2) is 34.1 Å². The number of carbonyl (C=O) groups is 1. The number of nitrogens with one attached hydrogen (secondary N) is 3. The lowest BCUT2D eigenvalue weighted by Crippen LogP contribution is -2.31. The number of aromatic amines is 2. The van der Waals surface area contributed by atoms with E-state index in [2.05, 4.69) is 5.32 Å². The number of rotatable bonds is 2. The number of nitrogens with zero attached hydrogens (tertiary/aromatic N) is 1. The van der Waals surface area contributed by atoms with E-state index in [0.717, 1.165) is 4.73 Å². The molecule has 0 aliphatic carbocycles. The van der Waals surface area contributed by atoms with Crippen molar-refractivity contribution < 1.29 is 19.8 Å². The van der Waals surface area contributed by atoms with Gasteiger partial charge in [0.05, 0.1) is 5.69 Å². The third-order valence-corrected chi connectivity index (χ3v) is 2.22. The summed E-state index contributed by atoms with van der Waals surface area (Å²) >= 11 is 0. The van der Waals surface area contributed by atoms with Gasteiger partial charge in [-0.25, -0.2) is 4.79 Å². The SMILES string of the molecule is O=C(Nc1cc[n+](O)cc1)c1c(O)[nH]c(=O)[nH]c1=O. The Labute approximate surface area is 104 Å². The summed E-state index contributed by atoms with van der Waals surface area (Å²) in [6.07, 6.45) is 2.51. The van der Waals surface area contributed by atoms with Crippen LogP contribution in [0, 0.1) is 0 Å². The molecule has 9 heteroatoms. The molecule has 0 saturated carbocycles. The summed E-state index contributed by atoms with van der Waals surface area (Å²) in [7, 11) is 0. The fourth-order valence-corrected chi connectivity index (χ4v) is 1.38. The van der Waals surface area contributed by atoms with E-state index >= 15 is 0 Å². The zero-order valence-corrected chi connectivity index (χ0v) is 9.38. The normalized spacial score (nSPS) is 10.1. The first kappa shape index (κ1) is 12.4. The van der Waals surface area contributed by atoms with Gasteiger partial charge < -0.3 is 10.4 Å². The average molecular weight is 265 g/mol. The van der Waals surface area contributed by atoms with E-state index in [1.165, 1.54) is 24.5 Å².